The van der Waals surface area contributed by atoms with Gasteiger partial charge in [0.15, 0.2) is 0 Å². The Morgan fingerprint density at radius 1 is 0.409 bits per heavy atom. The summed E-state index contributed by atoms with van der Waals surface area (Å²) in [5.41, 5.74) is 25.2. The van der Waals surface area contributed by atoms with E-state index < -0.39 is 0 Å². The van der Waals surface area contributed by atoms with Crippen LogP contribution >= 0.6 is 0 Å². The van der Waals surface area contributed by atoms with Gasteiger partial charge in [-0.05, 0) is 115 Å². The fourth-order valence-corrected chi connectivity index (χ4v) is 10.8. The minimum absolute atomic E-state index is 0.889. The molecule has 0 unspecified atom stereocenters. The third-order valence-corrected chi connectivity index (χ3v) is 14.6. The number of unbranched alkanes of at least 4 members (excludes halogenated alkanes) is 13. The SMILES string of the molecule is CCCCCCCCc1cc(CCCCCCCC)cc(C(=C(CCC)C(=C=[N+]=[N-])CCCC)c2cc(CCCC)cc(CCCC)c2)c1.c1ccc(C[CH2][Pd][CH2]Cc2ccccc2)cc1. The summed E-state index contributed by atoms with van der Waals surface area (Å²) >= 11 is 0.891. The molecule has 0 aliphatic heterocycles. The van der Waals surface area contributed by atoms with Gasteiger partial charge in [0.1, 0.15) is 0 Å². The van der Waals surface area contributed by atoms with E-state index in [0.717, 1.165) is 81.3 Å². The first-order valence-electron chi connectivity index (χ1n) is 27.0. The molecule has 0 heterocycles. The van der Waals surface area contributed by atoms with E-state index in [-0.39, 0.29) is 0 Å². The van der Waals surface area contributed by atoms with E-state index in [1.807, 2.05) is 0 Å². The van der Waals surface area contributed by atoms with Gasteiger partial charge in [0.2, 0.25) is 0 Å². The van der Waals surface area contributed by atoms with Gasteiger partial charge < -0.3 is 5.53 Å². The van der Waals surface area contributed by atoms with Crippen LogP contribution in [0.4, 0.5) is 0 Å². The van der Waals surface area contributed by atoms with Crippen LogP contribution in [0.2, 0.25) is 9.79 Å². The standard InChI is InChI=1S/C47H74N2.2C8H9.Pd/c1-7-13-18-20-22-24-29-41-33-42(30-25-23-21-19-14-8-2)37-45(36-41)47(46(26-12-6)43(38-49-48)31-17-11-5)44-34-39(27-15-9-3)32-40(35-44)28-16-10-4;2*1-2-8-6-4-3-5-7-8;/h32-37H,7-31H2,1-6H3;2*3-7H,1-2H2;. The molecule has 2 nitrogen and oxygen atoms in total. The molecule has 0 aliphatic carbocycles. The molecule has 0 fully saturated rings. The Bertz CT molecular complexity index is 1860. The maximum absolute atomic E-state index is 9.87. The van der Waals surface area contributed by atoms with Gasteiger partial charge >= 0.3 is 118 Å². The third kappa shape index (κ3) is 23.9. The monoisotopic (exact) mass is 983 g/mol. The molecule has 0 radical (unpaired) electrons. The molecule has 66 heavy (non-hydrogen) atoms. The number of nitrogens with zero attached hydrogens (tertiary/aromatic N) is 2. The number of benzene rings is 4. The molecule has 0 amide bonds. The summed E-state index contributed by atoms with van der Waals surface area (Å²) in [6, 6.07) is 36.7. The summed E-state index contributed by atoms with van der Waals surface area (Å²) in [5.74, 6) is 3.11. The zero-order chi connectivity index (χ0) is 47.3. The van der Waals surface area contributed by atoms with E-state index in [1.54, 1.807) is 0 Å². The first-order valence-corrected chi connectivity index (χ1v) is 29.2. The Morgan fingerprint density at radius 3 is 1.20 bits per heavy atom. The molecule has 0 saturated carbocycles. The van der Waals surface area contributed by atoms with Gasteiger partial charge in [0.25, 0.3) is 0 Å². The molecular weight excluding hydrogens is 891 g/mol. The van der Waals surface area contributed by atoms with E-state index in [2.05, 4.69) is 149 Å². The average molecular weight is 984 g/mol. The van der Waals surface area contributed by atoms with Gasteiger partial charge in [-0.15, -0.1) is 4.79 Å². The fraction of sp³-hybridized carbons (Fsp3) is 0.556. The first kappa shape index (κ1) is 56.8. The van der Waals surface area contributed by atoms with Gasteiger partial charge in [0.05, 0.1) is 5.57 Å². The van der Waals surface area contributed by atoms with E-state index in [4.69, 9.17) is 0 Å². The second-order valence-corrected chi connectivity index (χ2v) is 21.0. The summed E-state index contributed by atoms with van der Waals surface area (Å²) in [7, 11) is 0. The van der Waals surface area contributed by atoms with Crippen LogP contribution in [0.15, 0.2) is 108 Å². The Balaban J connectivity index is 0.000000562. The summed E-state index contributed by atoms with van der Waals surface area (Å²) in [4.78, 5) is 6.24. The molecule has 0 spiro atoms. The van der Waals surface area contributed by atoms with Crippen molar-refractivity contribution in [2.24, 2.45) is 0 Å². The summed E-state index contributed by atoms with van der Waals surface area (Å²) in [5, 5.41) is 0. The second-order valence-electron chi connectivity index (χ2n) is 18.7. The van der Waals surface area contributed by atoms with Crippen molar-refractivity contribution in [2.75, 3.05) is 0 Å². The number of allylic oxidation sites excluding steroid dienone is 2. The summed E-state index contributed by atoms with van der Waals surface area (Å²) < 4.78 is 0. The molecule has 0 bridgehead atoms. The van der Waals surface area contributed by atoms with Crippen LogP contribution in [0.25, 0.3) is 11.1 Å². The fourth-order valence-electron chi connectivity index (χ4n) is 8.91. The molecule has 0 aromatic heterocycles. The van der Waals surface area contributed by atoms with Gasteiger partial charge in [-0.25, -0.2) is 0 Å². The van der Waals surface area contributed by atoms with Crippen LogP contribution < -0.4 is 0 Å². The minimum atomic E-state index is 0.889. The van der Waals surface area contributed by atoms with Crippen LogP contribution in [-0.4, -0.2) is 10.7 Å². The molecule has 0 atom stereocenters. The van der Waals surface area contributed by atoms with Crippen LogP contribution in [0.1, 0.15) is 221 Å². The predicted octanol–water partition coefficient (Wildman–Crippen LogP) is 19.2. The van der Waals surface area contributed by atoms with Crippen molar-refractivity contribution in [1.82, 2.24) is 0 Å². The molecule has 4 rings (SSSR count). The third-order valence-electron chi connectivity index (χ3n) is 12.7. The van der Waals surface area contributed by atoms with E-state index >= 15 is 0 Å². The van der Waals surface area contributed by atoms with Crippen LogP contribution in [0.3, 0.4) is 0 Å². The summed E-state index contributed by atoms with van der Waals surface area (Å²) in [6.07, 6.45) is 32.8. The first-order chi connectivity index (χ1) is 32.5. The molecule has 0 saturated heterocycles. The van der Waals surface area contributed by atoms with Crippen molar-refractivity contribution in [1.29, 1.82) is 0 Å². The van der Waals surface area contributed by atoms with Crippen molar-refractivity contribution >= 4 is 11.4 Å². The molecule has 0 N–H and O–H groups in total. The van der Waals surface area contributed by atoms with Crippen LogP contribution in [-0.2, 0) is 56.5 Å². The zero-order valence-corrected chi connectivity index (χ0v) is 44.5. The van der Waals surface area contributed by atoms with Crippen molar-refractivity contribution in [3.63, 3.8) is 0 Å². The number of hydrogen-bond acceptors (Lipinski definition) is 0. The number of aryl methyl sites for hydroxylation is 6. The predicted molar refractivity (Wildman–Crippen MR) is 287 cm³/mol. The Morgan fingerprint density at radius 2 is 0.803 bits per heavy atom. The van der Waals surface area contributed by atoms with Crippen molar-refractivity contribution in [3.05, 3.63) is 158 Å². The Kier molecular flexibility index (Phi) is 32.2. The van der Waals surface area contributed by atoms with Crippen molar-refractivity contribution in [2.45, 2.75) is 225 Å². The Labute approximate surface area is 414 Å². The summed E-state index contributed by atoms with van der Waals surface area (Å²) in [6.45, 7) is 13.7. The topological polar surface area (TPSA) is 36.4 Å². The molecule has 4 aromatic carbocycles. The molecular formula is C63H92N2Pd. The maximum atomic E-state index is 9.87. The van der Waals surface area contributed by atoms with Crippen molar-refractivity contribution in [3.8, 4) is 0 Å². The number of hydrogen-bond donors (Lipinski definition) is 0. The van der Waals surface area contributed by atoms with Crippen LogP contribution in [0, 0.1) is 0 Å². The molecule has 3 heteroatoms. The zero-order valence-electron chi connectivity index (χ0n) is 43.0. The van der Waals surface area contributed by atoms with E-state index in [9.17, 15) is 5.53 Å². The molecule has 4 aromatic rings. The number of rotatable bonds is 34. The average Bonchev–Trinajstić information content (AvgIpc) is 3.34. The van der Waals surface area contributed by atoms with Gasteiger partial charge in [0, 0.05) is 0 Å². The normalized spacial score (nSPS) is 11.4. The van der Waals surface area contributed by atoms with Crippen molar-refractivity contribution < 1.29 is 22.8 Å². The van der Waals surface area contributed by atoms with E-state index in [0.29, 0.717) is 0 Å². The van der Waals surface area contributed by atoms with Gasteiger partial charge in [-0.2, -0.15) is 0 Å². The second kappa shape index (κ2) is 37.4. The van der Waals surface area contributed by atoms with Gasteiger partial charge in [-0.3, -0.25) is 0 Å². The quantitative estimate of drug-likeness (QED) is 0.0112. The van der Waals surface area contributed by atoms with Crippen LogP contribution in [0.5, 0.6) is 0 Å². The Hall–Kier alpha value is -3.56. The van der Waals surface area contributed by atoms with Gasteiger partial charge in [-0.1, -0.05) is 168 Å². The molecule has 0 aliphatic rings. The van der Waals surface area contributed by atoms with E-state index in [1.165, 1.54) is 181 Å². The molecule has 364 valence electrons.